The zero-order valence-corrected chi connectivity index (χ0v) is 8.82. The fourth-order valence-corrected chi connectivity index (χ4v) is 1.22. The first kappa shape index (κ1) is 11.2. The van der Waals surface area contributed by atoms with Gasteiger partial charge in [-0.1, -0.05) is 0 Å². The molecule has 0 aliphatic heterocycles. The summed E-state index contributed by atoms with van der Waals surface area (Å²) in [5.74, 6) is 0.389. The Bertz CT molecular complexity index is 363. The molecule has 0 unspecified atom stereocenters. The maximum Gasteiger partial charge on any atom is 0.225 e. The molecule has 1 rings (SSSR count). The van der Waals surface area contributed by atoms with Crippen LogP contribution in [0.15, 0.2) is 12.3 Å². The van der Waals surface area contributed by atoms with Crippen LogP contribution in [0.4, 0.5) is 11.8 Å². The molecule has 6 heteroatoms. The summed E-state index contributed by atoms with van der Waals surface area (Å²) < 4.78 is 0. The zero-order chi connectivity index (χ0) is 11.5. The Morgan fingerprint density at radius 3 is 2.80 bits per heavy atom. The van der Waals surface area contributed by atoms with Gasteiger partial charge in [0.1, 0.15) is 5.82 Å². The van der Waals surface area contributed by atoms with Crippen LogP contribution >= 0.6 is 0 Å². The summed E-state index contributed by atoms with van der Waals surface area (Å²) in [6, 6.07) is 1.59. The molecule has 0 radical (unpaired) electrons. The van der Waals surface area contributed by atoms with Crippen LogP contribution in [-0.4, -0.2) is 21.4 Å². The van der Waals surface area contributed by atoms with E-state index in [1.54, 1.807) is 12.3 Å². The van der Waals surface area contributed by atoms with Crippen LogP contribution < -0.4 is 16.8 Å². The summed E-state index contributed by atoms with van der Waals surface area (Å²) in [6.07, 6.45) is 1.75. The number of nitrogens with one attached hydrogen (secondary N) is 1. The van der Waals surface area contributed by atoms with Gasteiger partial charge in [-0.3, -0.25) is 4.79 Å². The second-order valence-electron chi connectivity index (χ2n) is 3.96. The lowest BCUT2D eigenvalue weighted by molar-refractivity contribution is -0.118. The lowest BCUT2D eigenvalue weighted by atomic mass is 10.0. The van der Waals surface area contributed by atoms with Crippen LogP contribution in [0.25, 0.3) is 0 Å². The maximum atomic E-state index is 10.8. The molecule has 0 aliphatic rings. The summed E-state index contributed by atoms with van der Waals surface area (Å²) in [4.78, 5) is 18.7. The standard InChI is InChI=1S/C9H15N5O/c1-9(2,5-7(11)15)14-8-12-4-3-6(10)13-8/h3-4H,5H2,1-2H3,(H2,11,15)(H3,10,12,13,14). The molecule has 0 saturated carbocycles. The van der Waals surface area contributed by atoms with E-state index in [2.05, 4.69) is 15.3 Å². The molecule has 5 N–H and O–H groups in total. The second-order valence-corrected chi connectivity index (χ2v) is 3.96. The molecule has 1 aromatic heterocycles. The van der Waals surface area contributed by atoms with Crippen LogP contribution in [0.1, 0.15) is 20.3 Å². The molecule has 6 nitrogen and oxygen atoms in total. The SMILES string of the molecule is CC(C)(CC(N)=O)Nc1nccc(N)n1. The Morgan fingerprint density at radius 2 is 2.27 bits per heavy atom. The third kappa shape index (κ3) is 3.80. The molecule has 0 aliphatic carbocycles. The van der Waals surface area contributed by atoms with Crippen LogP contribution in [0.3, 0.4) is 0 Å². The van der Waals surface area contributed by atoms with Crippen molar-refractivity contribution in [3.63, 3.8) is 0 Å². The number of carbonyl (C=O) groups excluding carboxylic acids is 1. The maximum absolute atomic E-state index is 10.8. The highest BCUT2D eigenvalue weighted by atomic mass is 16.1. The average molecular weight is 209 g/mol. The molecule has 0 spiro atoms. The van der Waals surface area contributed by atoms with E-state index in [0.29, 0.717) is 11.8 Å². The number of primary amides is 1. The van der Waals surface area contributed by atoms with E-state index in [1.165, 1.54) is 0 Å². The molecule has 0 saturated heterocycles. The Kier molecular flexibility index (Phi) is 3.08. The highest BCUT2D eigenvalue weighted by Gasteiger charge is 2.21. The molecule has 1 aromatic rings. The number of rotatable bonds is 4. The van der Waals surface area contributed by atoms with E-state index in [9.17, 15) is 4.79 Å². The molecule has 0 bridgehead atoms. The first-order chi connectivity index (χ1) is 6.89. The Labute approximate surface area is 88.1 Å². The number of hydrogen-bond acceptors (Lipinski definition) is 5. The van der Waals surface area contributed by atoms with Gasteiger partial charge in [-0.25, -0.2) is 4.98 Å². The number of amides is 1. The van der Waals surface area contributed by atoms with E-state index in [1.807, 2.05) is 13.8 Å². The molecule has 15 heavy (non-hydrogen) atoms. The van der Waals surface area contributed by atoms with Crippen molar-refractivity contribution < 1.29 is 4.79 Å². The first-order valence-corrected chi connectivity index (χ1v) is 4.54. The van der Waals surface area contributed by atoms with Gasteiger partial charge in [0.15, 0.2) is 0 Å². The van der Waals surface area contributed by atoms with Crippen molar-refractivity contribution in [1.29, 1.82) is 0 Å². The number of aromatic nitrogens is 2. The normalized spacial score (nSPS) is 11.1. The van der Waals surface area contributed by atoms with Gasteiger partial charge in [-0.05, 0) is 19.9 Å². The Hall–Kier alpha value is -1.85. The third-order valence-electron chi connectivity index (χ3n) is 1.74. The Morgan fingerprint density at radius 1 is 1.60 bits per heavy atom. The molecule has 0 aromatic carbocycles. The summed E-state index contributed by atoms with van der Waals surface area (Å²) in [5, 5.41) is 2.99. The van der Waals surface area contributed by atoms with Gasteiger partial charge in [-0.15, -0.1) is 0 Å². The summed E-state index contributed by atoms with van der Waals surface area (Å²) in [7, 11) is 0. The van der Waals surface area contributed by atoms with Gasteiger partial charge >= 0.3 is 0 Å². The monoisotopic (exact) mass is 209 g/mol. The van der Waals surface area contributed by atoms with Gasteiger partial charge < -0.3 is 16.8 Å². The fraction of sp³-hybridized carbons (Fsp3) is 0.444. The third-order valence-corrected chi connectivity index (χ3v) is 1.74. The van der Waals surface area contributed by atoms with Crippen LogP contribution in [0, 0.1) is 0 Å². The van der Waals surface area contributed by atoms with Crippen LogP contribution in [-0.2, 0) is 4.79 Å². The molecule has 1 heterocycles. The van der Waals surface area contributed by atoms with E-state index in [0.717, 1.165) is 0 Å². The predicted octanol–water partition coefficient (Wildman–Crippen LogP) is 0.125. The second kappa shape index (κ2) is 4.12. The van der Waals surface area contributed by atoms with Crippen LogP contribution in [0.2, 0.25) is 0 Å². The van der Waals surface area contributed by atoms with Crippen molar-refractivity contribution in [1.82, 2.24) is 9.97 Å². The number of hydrogen-bond donors (Lipinski definition) is 3. The summed E-state index contributed by atoms with van der Waals surface area (Å²) in [6.45, 7) is 3.68. The van der Waals surface area contributed by atoms with E-state index in [4.69, 9.17) is 11.5 Å². The molecule has 0 atom stereocenters. The lowest BCUT2D eigenvalue weighted by Gasteiger charge is -2.24. The minimum Gasteiger partial charge on any atom is -0.384 e. The van der Waals surface area contributed by atoms with Crippen LogP contribution in [0.5, 0.6) is 0 Å². The van der Waals surface area contributed by atoms with Gasteiger partial charge in [0.05, 0.1) is 0 Å². The number of carbonyl (C=O) groups is 1. The van der Waals surface area contributed by atoms with Crippen molar-refractivity contribution in [2.45, 2.75) is 25.8 Å². The number of nitrogens with two attached hydrogens (primary N) is 2. The summed E-state index contributed by atoms with van der Waals surface area (Å²) >= 11 is 0. The molecule has 1 amide bonds. The predicted molar refractivity (Wildman–Crippen MR) is 58.0 cm³/mol. The Balaban J connectivity index is 2.72. The molecule has 82 valence electrons. The zero-order valence-electron chi connectivity index (χ0n) is 8.82. The first-order valence-electron chi connectivity index (χ1n) is 4.54. The van der Waals surface area contributed by atoms with Crippen molar-refractivity contribution in [3.8, 4) is 0 Å². The fourth-order valence-electron chi connectivity index (χ4n) is 1.22. The minimum atomic E-state index is -0.486. The van der Waals surface area contributed by atoms with Crippen molar-refractivity contribution in [2.75, 3.05) is 11.1 Å². The quantitative estimate of drug-likeness (QED) is 0.653. The lowest BCUT2D eigenvalue weighted by Crippen LogP contribution is -2.36. The van der Waals surface area contributed by atoms with Gasteiger partial charge in [0, 0.05) is 18.2 Å². The van der Waals surface area contributed by atoms with E-state index < -0.39 is 5.54 Å². The highest BCUT2D eigenvalue weighted by molar-refractivity contribution is 5.75. The molecule has 0 fully saturated rings. The van der Waals surface area contributed by atoms with Gasteiger partial charge in [0.25, 0.3) is 0 Å². The van der Waals surface area contributed by atoms with Crippen molar-refractivity contribution in [2.24, 2.45) is 5.73 Å². The average Bonchev–Trinajstić information content (AvgIpc) is 1.99. The van der Waals surface area contributed by atoms with E-state index in [-0.39, 0.29) is 12.3 Å². The van der Waals surface area contributed by atoms with E-state index >= 15 is 0 Å². The smallest absolute Gasteiger partial charge is 0.225 e. The molecular weight excluding hydrogens is 194 g/mol. The summed E-state index contributed by atoms with van der Waals surface area (Å²) in [5.41, 5.74) is 10.1. The van der Waals surface area contributed by atoms with Gasteiger partial charge in [-0.2, -0.15) is 4.98 Å². The number of nitrogens with zero attached hydrogens (tertiary/aromatic N) is 2. The number of anilines is 2. The largest absolute Gasteiger partial charge is 0.384 e. The topological polar surface area (TPSA) is 107 Å². The minimum absolute atomic E-state index is 0.200. The number of nitrogen functional groups attached to an aromatic ring is 1. The van der Waals surface area contributed by atoms with Crippen molar-refractivity contribution >= 4 is 17.7 Å². The highest BCUT2D eigenvalue weighted by Crippen LogP contribution is 2.14. The van der Waals surface area contributed by atoms with Gasteiger partial charge in [0.2, 0.25) is 11.9 Å². The van der Waals surface area contributed by atoms with Crippen molar-refractivity contribution in [3.05, 3.63) is 12.3 Å². The molecular formula is C9H15N5O.